The van der Waals surface area contributed by atoms with Crippen molar-refractivity contribution in [2.45, 2.75) is 64.9 Å². The lowest BCUT2D eigenvalue weighted by atomic mass is 9.70. The number of methoxy groups -OCH3 is 1. The molecule has 1 aliphatic heterocycles. The van der Waals surface area contributed by atoms with Gasteiger partial charge in [0.05, 0.1) is 19.0 Å². The first kappa shape index (κ1) is 48.3. The van der Waals surface area contributed by atoms with E-state index in [1.54, 1.807) is 37.9 Å². The Kier molecular flexibility index (Phi) is 17.1. The molecule has 1 saturated carbocycles. The molecule has 1 unspecified atom stereocenters. The van der Waals surface area contributed by atoms with Crippen LogP contribution in [-0.4, -0.2) is 85.3 Å². The minimum atomic E-state index is -1.20. The largest absolute Gasteiger partial charge is 0.508 e. The molecule has 60 heavy (non-hydrogen) atoms. The second-order valence-corrected chi connectivity index (χ2v) is 15.3. The molecule has 4 aromatic rings. The Morgan fingerprint density at radius 3 is 2.23 bits per heavy atom. The van der Waals surface area contributed by atoms with Crippen LogP contribution < -0.4 is 31.9 Å². The number of hydrogen-bond donors (Lipinski definition) is 5. The van der Waals surface area contributed by atoms with Gasteiger partial charge in [-0.15, -0.1) is 6.58 Å². The van der Waals surface area contributed by atoms with Gasteiger partial charge in [-0.05, 0) is 81.2 Å². The quantitative estimate of drug-likeness (QED) is 0.0925. The minimum absolute atomic E-state index is 0.115. The predicted molar refractivity (Wildman–Crippen MR) is 229 cm³/mol. The number of nitrogens with zero attached hydrogens (tertiary/aromatic N) is 5. The third-order valence-electron chi connectivity index (χ3n) is 10.9. The van der Waals surface area contributed by atoms with Crippen molar-refractivity contribution in [2.24, 2.45) is 38.4 Å². The molecule has 0 bridgehead atoms. The maximum absolute atomic E-state index is 11.9. The number of aromatic hydroxyl groups is 1. The standard InChI is InChI=1S/C16H25NO2.C11H16N2O3.C8H10N4O2.C8H9NO2/c1-17(2)12-14-7-4-5-10-16(14,18)13-8-6-9-15(11-13)19-3;1-4-6-11(7(3)5-2)8(14)12-10(16)13-9(11)15;1-10-4-9-6-5(10)7(13)12(3)8(14)11(6)2;1-6(10)9-7-2-4-8(11)5-3-7/h6,8-9,11,14,18H,4-5,7,10,12H2,1-3H3;4,7H,1,5-6H2,2-3H3,(H2,12,13,14,15,16);4H,1-3H3;2-5,11H,1H3,(H,9,10)/t14-,16+;;;/m1.../s1. The molecule has 326 valence electrons. The van der Waals surface area contributed by atoms with E-state index in [0.29, 0.717) is 29.2 Å². The fraction of sp³-hybridized carbons (Fsp3) is 0.465. The van der Waals surface area contributed by atoms with Crippen molar-refractivity contribution >= 4 is 40.6 Å². The smallest absolute Gasteiger partial charge is 0.332 e. The summed E-state index contributed by atoms with van der Waals surface area (Å²) < 4.78 is 9.33. The number of ether oxygens (including phenoxy) is 1. The summed E-state index contributed by atoms with van der Waals surface area (Å²) in [6.45, 7) is 9.63. The molecule has 5 N–H and O–H groups in total. The van der Waals surface area contributed by atoms with Crippen LogP contribution in [0, 0.1) is 17.3 Å². The van der Waals surface area contributed by atoms with Crippen molar-refractivity contribution in [1.29, 1.82) is 0 Å². The Bertz CT molecular complexity index is 2240. The highest BCUT2D eigenvalue weighted by molar-refractivity contribution is 6.19. The number of hydrogen-bond acceptors (Lipinski definition) is 11. The van der Waals surface area contributed by atoms with Gasteiger partial charge in [-0.1, -0.05) is 51.3 Å². The van der Waals surface area contributed by atoms with Crippen LogP contribution in [0.3, 0.4) is 0 Å². The zero-order valence-electron chi connectivity index (χ0n) is 36.1. The number of carbonyl (C=O) groups excluding carboxylic acids is 4. The Morgan fingerprint density at radius 2 is 1.68 bits per heavy atom. The molecular formula is C43H60N8O9. The first-order chi connectivity index (χ1) is 28.3. The van der Waals surface area contributed by atoms with Crippen molar-refractivity contribution in [3.63, 3.8) is 0 Å². The maximum atomic E-state index is 11.9. The third kappa shape index (κ3) is 11.4. The van der Waals surface area contributed by atoms with Crippen LogP contribution in [-0.2, 0) is 41.1 Å². The Labute approximate surface area is 350 Å². The summed E-state index contributed by atoms with van der Waals surface area (Å²) in [5, 5.41) is 26.9. The van der Waals surface area contributed by atoms with Crippen molar-refractivity contribution in [1.82, 2.24) is 34.2 Å². The number of phenols is 1. The molecule has 0 spiro atoms. The second kappa shape index (κ2) is 21.3. The highest BCUT2D eigenvalue weighted by atomic mass is 16.5. The highest BCUT2D eigenvalue weighted by Crippen LogP contribution is 2.43. The van der Waals surface area contributed by atoms with Gasteiger partial charge < -0.3 is 29.7 Å². The molecule has 6 rings (SSSR count). The molecule has 17 heteroatoms. The number of carbonyl (C=O) groups is 4. The first-order valence-electron chi connectivity index (χ1n) is 19.7. The number of phenolic OH excluding ortho intramolecular Hbond substituents is 1. The second-order valence-electron chi connectivity index (χ2n) is 15.3. The molecule has 2 aromatic carbocycles. The van der Waals surface area contributed by atoms with E-state index in [9.17, 15) is 33.9 Å². The first-order valence-corrected chi connectivity index (χ1v) is 19.7. The average Bonchev–Trinajstić information content (AvgIpc) is 3.60. The lowest BCUT2D eigenvalue weighted by Gasteiger charge is -2.41. The number of allylic oxidation sites excluding steroid dienone is 1. The molecule has 1 aliphatic carbocycles. The van der Waals surface area contributed by atoms with E-state index >= 15 is 0 Å². The van der Waals surface area contributed by atoms with Gasteiger partial charge in [0, 0.05) is 46.2 Å². The van der Waals surface area contributed by atoms with Crippen LogP contribution in [0.5, 0.6) is 11.5 Å². The summed E-state index contributed by atoms with van der Waals surface area (Å²) >= 11 is 0. The summed E-state index contributed by atoms with van der Waals surface area (Å²) in [6.07, 6.45) is 8.19. The highest BCUT2D eigenvalue weighted by Gasteiger charge is 2.52. The van der Waals surface area contributed by atoms with Gasteiger partial charge in [0.2, 0.25) is 17.7 Å². The van der Waals surface area contributed by atoms with Crippen molar-refractivity contribution in [3.8, 4) is 11.5 Å². The van der Waals surface area contributed by atoms with Gasteiger partial charge in [0.25, 0.3) is 5.56 Å². The van der Waals surface area contributed by atoms with Gasteiger partial charge in [0.15, 0.2) is 11.2 Å². The minimum Gasteiger partial charge on any atom is -0.508 e. The summed E-state index contributed by atoms with van der Waals surface area (Å²) in [7, 11) is 10.6. The Balaban J connectivity index is 0.000000217. The van der Waals surface area contributed by atoms with Crippen LogP contribution >= 0.6 is 0 Å². The number of nitrogens with one attached hydrogen (secondary N) is 3. The van der Waals surface area contributed by atoms with Gasteiger partial charge in [-0.3, -0.25) is 38.9 Å². The van der Waals surface area contributed by atoms with Gasteiger partial charge in [-0.25, -0.2) is 14.6 Å². The number of aryl methyl sites for hydroxylation is 2. The molecule has 1 saturated heterocycles. The van der Waals surface area contributed by atoms with Crippen LogP contribution in [0.4, 0.5) is 10.5 Å². The summed E-state index contributed by atoms with van der Waals surface area (Å²) in [5.41, 5.74) is -0.0465. The molecule has 2 fully saturated rings. The number of fused-ring (bicyclic) bond motifs is 1. The van der Waals surface area contributed by atoms with Crippen molar-refractivity contribution in [3.05, 3.63) is 93.9 Å². The van der Waals surface area contributed by atoms with E-state index in [0.717, 1.165) is 41.7 Å². The molecule has 2 aliphatic rings. The summed E-state index contributed by atoms with van der Waals surface area (Å²) in [4.78, 5) is 74.6. The Hall–Kier alpha value is -6.07. The van der Waals surface area contributed by atoms with Crippen LogP contribution in [0.15, 0.2) is 77.1 Å². The number of barbiturate groups is 1. The number of aliphatic hydroxyl groups is 1. The predicted octanol–water partition coefficient (Wildman–Crippen LogP) is 3.92. The molecule has 17 nitrogen and oxygen atoms in total. The van der Waals surface area contributed by atoms with Gasteiger partial charge in [0.1, 0.15) is 16.9 Å². The number of amides is 5. The lowest BCUT2D eigenvalue weighted by Crippen LogP contribution is -2.64. The summed E-state index contributed by atoms with van der Waals surface area (Å²) in [6, 6.07) is 13.5. The number of rotatable bonds is 9. The molecule has 3 heterocycles. The average molecular weight is 833 g/mol. The summed E-state index contributed by atoms with van der Waals surface area (Å²) in [5.74, 6) is -0.0251. The van der Waals surface area contributed by atoms with E-state index in [-0.39, 0.29) is 35.2 Å². The fourth-order valence-corrected chi connectivity index (χ4v) is 7.38. The monoisotopic (exact) mass is 832 g/mol. The van der Waals surface area contributed by atoms with Gasteiger partial charge in [-0.2, -0.15) is 0 Å². The maximum Gasteiger partial charge on any atom is 0.332 e. The molecule has 0 radical (unpaired) electrons. The number of aromatic nitrogens is 4. The molecule has 2 aromatic heterocycles. The fourth-order valence-electron chi connectivity index (χ4n) is 7.38. The number of urea groups is 1. The van der Waals surface area contributed by atoms with E-state index < -0.39 is 28.9 Å². The van der Waals surface area contributed by atoms with Gasteiger partial charge >= 0.3 is 11.7 Å². The Morgan fingerprint density at radius 1 is 1.05 bits per heavy atom. The zero-order valence-corrected chi connectivity index (χ0v) is 36.1. The van der Waals surface area contributed by atoms with Crippen LogP contribution in [0.1, 0.15) is 64.9 Å². The van der Waals surface area contributed by atoms with E-state index in [2.05, 4.69) is 46.5 Å². The molecule has 5 amide bonds. The number of imide groups is 2. The normalized spacial score (nSPS) is 18.6. The van der Waals surface area contributed by atoms with E-state index in [1.807, 2.05) is 38.1 Å². The van der Waals surface area contributed by atoms with E-state index in [4.69, 9.17) is 9.84 Å². The third-order valence-corrected chi connectivity index (χ3v) is 10.9. The number of imidazole rings is 1. The van der Waals surface area contributed by atoms with E-state index in [1.165, 1.54) is 49.5 Å². The van der Waals surface area contributed by atoms with Crippen LogP contribution in [0.25, 0.3) is 11.2 Å². The van der Waals surface area contributed by atoms with Crippen molar-refractivity contribution < 1.29 is 34.1 Å². The van der Waals surface area contributed by atoms with Crippen molar-refractivity contribution in [2.75, 3.05) is 33.1 Å². The number of anilines is 1. The molecular weight excluding hydrogens is 773 g/mol. The number of benzene rings is 2. The topological polar surface area (TPSA) is 219 Å². The SMILES string of the molecule is C=CCC1(C(C)CC)C(=O)NC(=O)NC1=O.CC(=O)Nc1ccc(O)cc1.COc1cccc([C@@]2(O)CCCC[C@@H]2CN(C)C)c1.Cn1c(=O)c2c(ncn2C)n(C)c1=O. The van der Waals surface area contributed by atoms with Crippen LogP contribution in [0.2, 0.25) is 0 Å². The lowest BCUT2D eigenvalue weighted by molar-refractivity contribution is -0.148. The zero-order chi connectivity index (χ0) is 44.9. The molecule has 3 atom stereocenters.